The standard InChI is InChI=1S/C31H29F6N5O5S/c1-44-23-12-18(4-7-22(23)47-17-19-5-6-20(30(32,33)34)14-21(19)31(35,36)37)13-24-28(43)40-29(48-24)42-10-8-41(9-11-42)16-25-38-26(45-2)15-27(39-25)46-3/h4-7,12-15H,8-11,16-17H2,1-3H3/b24-13-. The number of alkyl halides is 6. The molecular weight excluding hydrogens is 668 g/mol. The average Bonchev–Trinajstić information content (AvgIpc) is 3.42. The number of amides is 1. The summed E-state index contributed by atoms with van der Waals surface area (Å²) in [6.07, 6.45) is -8.35. The van der Waals surface area contributed by atoms with E-state index in [9.17, 15) is 31.1 Å². The number of amidine groups is 1. The van der Waals surface area contributed by atoms with E-state index in [4.69, 9.17) is 18.9 Å². The predicted molar refractivity (Wildman–Crippen MR) is 164 cm³/mol. The van der Waals surface area contributed by atoms with E-state index in [-0.39, 0.29) is 17.6 Å². The highest BCUT2D eigenvalue weighted by molar-refractivity contribution is 8.18. The van der Waals surface area contributed by atoms with Crippen LogP contribution in [0.2, 0.25) is 0 Å². The molecule has 0 radical (unpaired) electrons. The Labute approximate surface area is 275 Å². The van der Waals surface area contributed by atoms with E-state index < -0.39 is 41.6 Å². The summed E-state index contributed by atoms with van der Waals surface area (Å²) in [5.74, 6) is 1.16. The number of piperazine rings is 1. The van der Waals surface area contributed by atoms with Crippen molar-refractivity contribution in [3.05, 3.63) is 75.4 Å². The van der Waals surface area contributed by atoms with Crippen LogP contribution in [-0.4, -0.2) is 78.4 Å². The van der Waals surface area contributed by atoms with Gasteiger partial charge in [-0.15, -0.1) is 0 Å². The third kappa shape index (κ3) is 8.31. The number of methoxy groups -OCH3 is 3. The van der Waals surface area contributed by atoms with Crippen LogP contribution in [0.1, 0.15) is 28.1 Å². The summed E-state index contributed by atoms with van der Waals surface area (Å²) in [4.78, 5) is 30.3. The zero-order chi connectivity index (χ0) is 34.6. The minimum Gasteiger partial charge on any atom is -0.493 e. The average molecular weight is 698 g/mol. The topological polar surface area (TPSA) is 98.6 Å². The molecule has 10 nitrogen and oxygen atoms in total. The fourth-order valence-corrected chi connectivity index (χ4v) is 5.87. The molecule has 3 heterocycles. The molecule has 1 aromatic heterocycles. The summed E-state index contributed by atoms with van der Waals surface area (Å²) in [5, 5.41) is 0.564. The number of carbonyl (C=O) groups is 1. The quantitative estimate of drug-likeness (QED) is 0.198. The summed E-state index contributed by atoms with van der Waals surface area (Å²) in [6.45, 7) is 2.39. The van der Waals surface area contributed by atoms with Gasteiger partial charge in [-0.1, -0.05) is 12.1 Å². The van der Waals surface area contributed by atoms with Gasteiger partial charge in [0.1, 0.15) is 12.4 Å². The first-order valence-corrected chi connectivity index (χ1v) is 15.1. The van der Waals surface area contributed by atoms with E-state index in [0.29, 0.717) is 72.0 Å². The van der Waals surface area contributed by atoms with Gasteiger partial charge in [0.05, 0.1) is 50.0 Å². The van der Waals surface area contributed by atoms with Gasteiger partial charge in [-0.05, 0) is 47.7 Å². The summed E-state index contributed by atoms with van der Waals surface area (Å²) in [6, 6.07) is 7.51. The zero-order valence-corrected chi connectivity index (χ0v) is 26.6. The Hall–Kier alpha value is -4.51. The predicted octanol–water partition coefficient (Wildman–Crippen LogP) is 5.91. The molecule has 17 heteroatoms. The van der Waals surface area contributed by atoms with Gasteiger partial charge in [0.15, 0.2) is 16.7 Å². The lowest BCUT2D eigenvalue weighted by Crippen LogP contribution is -2.47. The lowest BCUT2D eigenvalue weighted by Gasteiger charge is -2.34. The van der Waals surface area contributed by atoms with Crippen molar-refractivity contribution in [3.8, 4) is 23.3 Å². The first kappa shape index (κ1) is 34.8. The van der Waals surface area contributed by atoms with Gasteiger partial charge in [-0.3, -0.25) is 9.69 Å². The molecule has 0 N–H and O–H groups in total. The summed E-state index contributed by atoms with van der Waals surface area (Å²) in [7, 11) is 4.36. The first-order valence-electron chi connectivity index (χ1n) is 14.3. The Kier molecular flexibility index (Phi) is 10.4. The van der Waals surface area contributed by atoms with Crippen LogP contribution >= 0.6 is 11.8 Å². The third-order valence-corrected chi connectivity index (χ3v) is 8.42. The number of ether oxygens (including phenoxy) is 4. The van der Waals surface area contributed by atoms with E-state index in [0.717, 1.165) is 6.07 Å². The van der Waals surface area contributed by atoms with Crippen molar-refractivity contribution < 1.29 is 50.1 Å². The highest BCUT2D eigenvalue weighted by Crippen LogP contribution is 2.39. The molecule has 1 fully saturated rings. The number of rotatable bonds is 9. The monoisotopic (exact) mass is 697 g/mol. The van der Waals surface area contributed by atoms with Gasteiger partial charge in [0.25, 0.3) is 5.91 Å². The Morgan fingerprint density at radius 3 is 2.12 bits per heavy atom. The Morgan fingerprint density at radius 2 is 1.52 bits per heavy atom. The van der Waals surface area contributed by atoms with Crippen molar-refractivity contribution in [1.82, 2.24) is 19.8 Å². The lowest BCUT2D eigenvalue weighted by atomic mass is 10.0. The highest BCUT2D eigenvalue weighted by atomic mass is 32.2. The minimum absolute atomic E-state index is 0.0608. The van der Waals surface area contributed by atoms with Crippen LogP contribution < -0.4 is 18.9 Å². The molecule has 256 valence electrons. The zero-order valence-electron chi connectivity index (χ0n) is 25.8. The molecule has 0 bridgehead atoms. The van der Waals surface area contributed by atoms with Crippen molar-refractivity contribution in [1.29, 1.82) is 0 Å². The molecule has 1 saturated heterocycles. The van der Waals surface area contributed by atoms with Gasteiger partial charge in [0.2, 0.25) is 11.8 Å². The summed E-state index contributed by atoms with van der Waals surface area (Å²) >= 11 is 1.22. The van der Waals surface area contributed by atoms with E-state index in [1.54, 1.807) is 18.2 Å². The second-order valence-corrected chi connectivity index (χ2v) is 11.5. The van der Waals surface area contributed by atoms with Gasteiger partial charge < -0.3 is 23.8 Å². The van der Waals surface area contributed by atoms with Crippen molar-refractivity contribution in [3.63, 3.8) is 0 Å². The van der Waals surface area contributed by atoms with Crippen LogP contribution in [-0.2, 0) is 30.3 Å². The molecule has 3 aromatic rings. The number of nitrogens with zero attached hydrogens (tertiary/aromatic N) is 5. The van der Waals surface area contributed by atoms with Crippen LogP contribution in [0.15, 0.2) is 52.4 Å². The maximum absolute atomic E-state index is 13.5. The minimum atomic E-state index is -5.03. The molecule has 0 aliphatic carbocycles. The number of benzene rings is 2. The van der Waals surface area contributed by atoms with Crippen molar-refractivity contribution >= 4 is 28.9 Å². The SMILES string of the molecule is COc1cc(OC)nc(CN2CCN(C3=NC(=O)/C(=C/c4ccc(OCc5ccc(C(F)(F)F)cc5C(F)(F)F)c(OC)c4)S3)CC2)n1. The van der Waals surface area contributed by atoms with E-state index in [1.165, 1.54) is 45.2 Å². The Bertz CT molecular complexity index is 1700. The molecule has 0 saturated carbocycles. The van der Waals surface area contributed by atoms with Gasteiger partial charge in [-0.25, -0.2) is 0 Å². The molecule has 2 aliphatic heterocycles. The van der Waals surface area contributed by atoms with E-state index in [1.807, 2.05) is 4.90 Å². The number of hydrogen-bond acceptors (Lipinski definition) is 10. The Balaban J connectivity index is 1.21. The van der Waals surface area contributed by atoms with Crippen molar-refractivity contribution in [2.45, 2.75) is 25.5 Å². The second-order valence-electron chi connectivity index (χ2n) is 10.5. The molecule has 2 aliphatic rings. The molecule has 0 unspecified atom stereocenters. The number of thioether (sulfide) groups is 1. The van der Waals surface area contributed by atoms with Crippen LogP contribution in [0.25, 0.3) is 6.08 Å². The van der Waals surface area contributed by atoms with Crippen molar-refractivity contribution in [2.24, 2.45) is 4.99 Å². The van der Waals surface area contributed by atoms with E-state index in [2.05, 4.69) is 19.9 Å². The second kappa shape index (κ2) is 14.3. The normalized spacial score (nSPS) is 16.7. The van der Waals surface area contributed by atoms with Crippen molar-refractivity contribution in [2.75, 3.05) is 47.5 Å². The fourth-order valence-electron chi connectivity index (χ4n) is 4.90. The van der Waals surface area contributed by atoms with Gasteiger partial charge >= 0.3 is 12.4 Å². The number of carbonyl (C=O) groups excluding carboxylic acids is 1. The van der Waals surface area contributed by atoms with Crippen LogP contribution in [0.3, 0.4) is 0 Å². The summed E-state index contributed by atoms with van der Waals surface area (Å²) < 4.78 is 101. The van der Waals surface area contributed by atoms with Crippen LogP contribution in [0.5, 0.6) is 23.3 Å². The third-order valence-electron chi connectivity index (χ3n) is 7.37. The van der Waals surface area contributed by atoms with Gasteiger partial charge in [-0.2, -0.15) is 41.3 Å². The summed E-state index contributed by atoms with van der Waals surface area (Å²) in [5.41, 5.74) is -2.80. The number of aliphatic imine (C=N–C) groups is 1. The molecule has 2 aromatic carbocycles. The molecule has 0 spiro atoms. The smallest absolute Gasteiger partial charge is 0.416 e. The first-order chi connectivity index (χ1) is 22.8. The van der Waals surface area contributed by atoms with Gasteiger partial charge in [0, 0.05) is 31.7 Å². The largest absolute Gasteiger partial charge is 0.493 e. The molecule has 1 amide bonds. The molecule has 0 atom stereocenters. The lowest BCUT2D eigenvalue weighted by molar-refractivity contribution is -0.143. The van der Waals surface area contributed by atoms with Crippen LogP contribution in [0, 0.1) is 0 Å². The number of hydrogen-bond donors (Lipinski definition) is 0. The molecule has 5 rings (SSSR count). The Morgan fingerprint density at radius 1 is 0.833 bits per heavy atom. The number of halogens is 6. The van der Waals surface area contributed by atoms with E-state index >= 15 is 0 Å². The molecule has 48 heavy (non-hydrogen) atoms. The highest BCUT2D eigenvalue weighted by Gasteiger charge is 2.38. The maximum Gasteiger partial charge on any atom is 0.416 e. The molecular formula is C31H29F6N5O5S. The number of aromatic nitrogens is 2. The maximum atomic E-state index is 13.5. The van der Waals surface area contributed by atoms with Crippen LogP contribution in [0.4, 0.5) is 26.3 Å². The fraction of sp³-hybridized carbons (Fsp3) is 0.355.